The Morgan fingerprint density at radius 3 is 0.937 bits per heavy atom. The zero-order valence-electron chi connectivity index (χ0n) is 42.1. The van der Waals surface area contributed by atoms with Gasteiger partial charge in [0.2, 0.25) is 17.7 Å². The summed E-state index contributed by atoms with van der Waals surface area (Å²) in [6, 6.07) is -0.339. The molecule has 1 atom stereocenters. The van der Waals surface area contributed by atoms with Crippen molar-refractivity contribution in [1.82, 2.24) is 26.2 Å². The van der Waals surface area contributed by atoms with Gasteiger partial charge in [0, 0.05) is 64.6 Å². The van der Waals surface area contributed by atoms with E-state index in [-0.39, 0.29) is 43.6 Å². The van der Waals surface area contributed by atoms with Crippen LogP contribution in [0.2, 0.25) is 0 Å². The number of unbranched alkanes of at least 4 members (excludes halogenated alkanes) is 27. The summed E-state index contributed by atoms with van der Waals surface area (Å²) in [5.74, 6) is 0.0862. The lowest BCUT2D eigenvalue weighted by atomic mass is 10.1. The first kappa shape index (κ1) is 63.3. The molecule has 0 aliphatic rings. The lowest BCUT2D eigenvalue weighted by Crippen LogP contribution is -2.44. The summed E-state index contributed by atoms with van der Waals surface area (Å²) in [4.78, 5) is 38.2. The van der Waals surface area contributed by atoms with Crippen LogP contribution in [0.3, 0.4) is 0 Å². The molecule has 0 fully saturated rings. The largest absolute Gasteiger partial charge is 0.395 e. The summed E-state index contributed by atoms with van der Waals surface area (Å²) in [6.07, 6.45) is 40.6. The number of rotatable bonds is 48. The van der Waals surface area contributed by atoms with Gasteiger partial charge in [-0.1, -0.05) is 201 Å². The van der Waals surface area contributed by atoms with Crippen LogP contribution < -0.4 is 21.3 Å². The molecule has 0 aliphatic carbocycles. The van der Waals surface area contributed by atoms with Crippen LogP contribution in [0.5, 0.6) is 0 Å². The Balaban J connectivity index is 0. The second kappa shape index (κ2) is 52.8. The van der Waals surface area contributed by atoms with Gasteiger partial charge in [0.1, 0.15) is 0 Å². The third kappa shape index (κ3) is 48.0. The molecule has 3 amide bonds. The van der Waals surface area contributed by atoms with E-state index in [1.54, 1.807) is 0 Å². The molecule has 0 saturated carbocycles. The molecule has 11 heteroatoms. The fraction of sp³-hybridized carbons (Fsp3) is 0.942. The summed E-state index contributed by atoms with van der Waals surface area (Å²) in [5, 5.41) is 40.5. The molecular formula is C52H107N5O6. The van der Waals surface area contributed by atoms with Crippen molar-refractivity contribution in [1.29, 1.82) is 0 Å². The highest BCUT2D eigenvalue weighted by atomic mass is 16.3. The Labute approximate surface area is 389 Å². The van der Waals surface area contributed by atoms with E-state index in [1.165, 1.54) is 161 Å². The third-order valence-electron chi connectivity index (χ3n) is 12.2. The monoisotopic (exact) mass is 898 g/mol. The van der Waals surface area contributed by atoms with Crippen LogP contribution >= 0.6 is 0 Å². The van der Waals surface area contributed by atoms with Crippen LogP contribution in [0.4, 0.5) is 0 Å². The maximum absolute atomic E-state index is 12.3. The molecule has 0 bridgehead atoms. The molecule has 11 nitrogen and oxygen atoms in total. The fourth-order valence-corrected chi connectivity index (χ4v) is 7.77. The van der Waals surface area contributed by atoms with Gasteiger partial charge in [-0.2, -0.15) is 0 Å². The minimum absolute atomic E-state index is 0.0130. The second-order valence-corrected chi connectivity index (χ2v) is 18.1. The Kier molecular flexibility index (Phi) is 53.1. The minimum atomic E-state index is -0.454. The van der Waals surface area contributed by atoms with E-state index in [9.17, 15) is 24.6 Å². The molecule has 0 aliphatic heterocycles. The summed E-state index contributed by atoms with van der Waals surface area (Å²) in [5.41, 5.74) is 0. The molecular weight excluding hydrogens is 791 g/mol. The van der Waals surface area contributed by atoms with Gasteiger partial charge in [-0.25, -0.2) is 0 Å². The SMILES string of the molecule is CCCCCCCCCCCCNC(=O)CCN(CCC(=O)NCCCCCCCCCCCC)C(CO)CO.CCCCCCCCCCCCNC(=O)CCNC(CC)CO. The van der Waals surface area contributed by atoms with Gasteiger partial charge in [-0.05, 0) is 25.7 Å². The zero-order chi connectivity index (χ0) is 46.7. The van der Waals surface area contributed by atoms with Gasteiger partial charge in [-0.15, -0.1) is 0 Å². The molecule has 0 saturated heterocycles. The predicted octanol–water partition coefficient (Wildman–Crippen LogP) is 10.3. The number of aliphatic hydroxyl groups is 3. The van der Waals surface area contributed by atoms with E-state index in [0.717, 1.165) is 45.1 Å². The van der Waals surface area contributed by atoms with Gasteiger partial charge in [-0.3, -0.25) is 19.3 Å². The Morgan fingerprint density at radius 2 is 0.667 bits per heavy atom. The molecule has 0 aromatic rings. The van der Waals surface area contributed by atoms with Crippen LogP contribution in [0.1, 0.15) is 246 Å². The van der Waals surface area contributed by atoms with Crippen LogP contribution in [0.25, 0.3) is 0 Å². The van der Waals surface area contributed by atoms with Crippen LogP contribution in [0, 0.1) is 0 Å². The van der Waals surface area contributed by atoms with Crippen molar-refractivity contribution in [3.05, 3.63) is 0 Å². The summed E-state index contributed by atoms with van der Waals surface area (Å²) >= 11 is 0. The topological polar surface area (TPSA) is 163 Å². The summed E-state index contributed by atoms with van der Waals surface area (Å²) < 4.78 is 0. The van der Waals surface area contributed by atoms with Crippen molar-refractivity contribution in [3.8, 4) is 0 Å². The average Bonchev–Trinajstić information content (AvgIpc) is 3.29. The first-order chi connectivity index (χ1) is 30.8. The Hall–Kier alpha value is -1.79. The third-order valence-corrected chi connectivity index (χ3v) is 12.2. The van der Waals surface area contributed by atoms with E-state index < -0.39 is 6.04 Å². The smallest absolute Gasteiger partial charge is 0.221 e. The molecule has 0 aromatic carbocycles. The summed E-state index contributed by atoms with van der Waals surface area (Å²) in [6.45, 7) is 12.2. The van der Waals surface area contributed by atoms with E-state index in [2.05, 4.69) is 42.0 Å². The Bertz CT molecular complexity index is 910. The number of hydrogen-bond acceptors (Lipinski definition) is 8. The maximum atomic E-state index is 12.3. The number of carbonyl (C=O) groups excluding carboxylic acids is 3. The highest BCUT2D eigenvalue weighted by Gasteiger charge is 2.19. The molecule has 0 rings (SSSR count). The fourth-order valence-electron chi connectivity index (χ4n) is 7.77. The number of nitrogens with one attached hydrogen (secondary N) is 4. The van der Waals surface area contributed by atoms with Gasteiger partial charge in [0.15, 0.2) is 0 Å². The molecule has 0 radical (unpaired) electrons. The van der Waals surface area contributed by atoms with Gasteiger partial charge >= 0.3 is 0 Å². The van der Waals surface area contributed by atoms with Gasteiger partial charge in [0.05, 0.1) is 25.9 Å². The number of amides is 3. The van der Waals surface area contributed by atoms with E-state index in [4.69, 9.17) is 5.11 Å². The molecule has 0 heterocycles. The predicted molar refractivity (Wildman–Crippen MR) is 267 cm³/mol. The lowest BCUT2D eigenvalue weighted by molar-refractivity contribution is -0.122. The normalized spacial score (nSPS) is 11.8. The van der Waals surface area contributed by atoms with E-state index in [0.29, 0.717) is 52.0 Å². The first-order valence-corrected chi connectivity index (χ1v) is 26.9. The molecule has 376 valence electrons. The highest BCUT2D eigenvalue weighted by molar-refractivity contribution is 5.77. The number of hydrogen-bond donors (Lipinski definition) is 7. The van der Waals surface area contributed by atoms with Crippen LogP contribution in [-0.4, -0.2) is 109 Å². The summed E-state index contributed by atoms with van der Waals surface area (Å²) in [7, 11) is 0. The average molecular weight is 898 g/mol. The molecule has 7 N–H and O–H groups in total. The van der Waals surface area contributed by atoms with Crippen LogP contribution in [0.15, 0.2) is 0 Å². The van der Waals surface area contributed by atoms with Crippen molar-refractivity contribution >= 4 is 17.7 Å². The molecule has 0 aromatic heterocycles. The minimum Gasteiger partial charge on any atom is -0.395 e. The first-order valence-electron chi connectivity index (χ1n) is 26.9. The van der Waals surface area contributed by atoms with Gasteiger partial charge < -0.3 is 36.6 Å². The molecule has 0 spiro atoms. The van der Waals surface area contributed by atoms with E-state index in [1.807, 2.05) is 11.8 Å². The molecule has 1 unspecified atom stereocenters. The second-order valence-electron chi connectivity index (χ2n) is 18.1. The molecule has 63 heavy (non-hydrogen) atoms. The lowest BCUT2D eigenvalue weighted by Gasteiger charge is -2.28. The zero-order valence-corrected chi connectivity index (χ0v) is 42.1. The standard InChI is InChI=1S/C33H67N3O4.C19H40N2O2/c1-3-5-7-9-11-13-15-17-19-21-25-34-32(39)23-27-36(31(29-37)30-38)28-24-33(40)35-26-22-20-18-16-14-12-10-8-6-4-2;1-3-5-6-7-8-9-10-11-12-13-15-21-19(23)14-16-20-18(4-2)17-22/h31,37-38H,3-30H2,1-2H3,(H,34,39)(H,35,40);18,20,22H,3-17H2,1-2H3,(H,21,23). The number of carbonyl (C=O) groups is 3. The van der Waals surface area contributed by atoms with Crippen molar-refractivity contribution < 1.29 is 29.7 Å². The highest BCUT2D eigenvalue weighted by Crippen LogP contribution is 2.13. The van der Waals surface area contributed by atoms with Crippen molar-refractivity contribution in [2.24, 2.45) is 0 Å². The number of aliphatic hydroxyl groups excluding tert-OH is 3. The van der Waals surface area contributed by atoms with Crippen molar-refractivity contribution in [3.63, 3.8) is 0 Å². The van der Waals surface area contributed by atoms with E-state index >= 15 is 0 Å². The van der Waals surface area contributed by atoms with Gasteiger partial charge in [0.25, 0.3) is 0 Å². The quantitative estimate of drug-likeness (QED) is 0.0297. The van der Waals surface area contributed by atoms with Crippen molar-refractivity contribution in [2.45, 2.75) is 258 Å². The maximum Gasteiger partial charge on any atom is 0.221 e. The van der Waals surface area contributed by atoms with Crippen LogP contribution in [-0.2, 0) is 14.4 Å². The number of nitrogens with zero attached hydrogens (tertiary/aromatic N) is 1. The Morgan fingerprint density at radius 1 is 0.381 bits per heavy atom. The van der Waals surface area contributed by atoms with Crippen molar-refractivity contribution in [2.75, 3.05) is 59.1 Å².